The van der Waals surface area contributed by atoms with Gasteiger partial charge in [0.2, 0.25) is 10.9 Å². The largest absolute Gasteiger partial charge is 0.497 e. The second-order valence-electron chi connectivity index (χ2n) is 5.26. The minimum atomic E-state index is -0.0536. The van der Waals surface area contributed by atoms with Gasteiger partial charge in [0.1, 0.15) is 5.75 Å². The molecule has 2 aromatic rings. The summed E-state index contributed by atoms with van der Waals surface area (Å²) in [5, 5.41) is 12.0. The van der Waals surface area contributed by atoms with Crippen LogP contribution in [0.4, 0.5) is 11.4 Å². The summed E-state index contributed by atoms with van der Waals surface area (Å²) in [6.07, 6.45) is 0. The predicted molar refractivity (Wildman–Crippen MR) is 106 cm³/mol. The molecule has 0 radical (unpaired) electrons. The number of amidine groups is 1. The zero-order chi connectivity index (χ0) is 18.2. The second-order valence-corrected chi connectivity index (χ2v) is 5.67. The molecule has 8 heteroatoms. The fourth-order valence-electron chi connectivity index (χ4n) is 1.93. The number of nitrogens with one attached hydrogen (secondary N) is 1. The number of thiocarbonyl (C=S) groups is 1. The van der Waals surface area contributed by atoms with Crippen molar-refractivity contribution in [1.29, 1.82) is 0 Å². The Labute approximate surface area is 152 Å². The number of rotatable bonds is 5. The molecule has 0 aliphatic heterocycles. The van der Waals surface area contributed by atoms with E-state index in [0.29, 0.717) is 5.84 Å². The van der Waals surface area contributed by atoms with Crippen LogP contribution in [0.1, 0.15) is 5.56 Å². The van der Waals surface area contributed by atoms with Gasteiger partial charge in [0, 0.05) is 25.3 Å². The quantitative estimate of drug-likeness (QED) is 0.282. The van der Waals surface area contributed by atoms with Crippen LogP contribution in [0.5, 0.6) is 5.75 Å². The molecule has 130 valence electrons. The molecular weight excluding hydrogens is 336 g/mol. The van der Waals surface area contributed by atoms with Crippen LogP contribution >= 0.6 is 12.2 Å². The van der Waals surface area contributed by atoms with Gasteiger partial charge in [-0.15, -0.1) is 10.2 Å². The van der Waals surface area contributed by atoms with Gasteiger partial charge in [-0.25, -0.2) is 0 Å². The maximum Gasteiger partial charge on any atom is 0.211 e. The summed E-state index contributed by atoms with van der Waals surface area (Å²) in [5.41, 5.74) is 11.0. The lowest BCUT2D eigenvalue weighted by molar-refractivity contribution is 0.415. The predicted octanol–water partition coefficient (Wildman–Crippen LogP) is 3.23. The Bertz CT molecular complexity index is 769. The number of methoxy groups -OCH3 is 1. The van der Waals surface area contributed by atoms with E-state index in [0.717, 1.165) is 22.7 Å². The number of nitrogens with zero attached hydrogens (tertiary/aromatic N) is 4. The molecule has 0 aliphatic carbocycles. The van der Waals surface area contributed by atoms with E-state index in [1.165, 1.54) is 0 Å². The number of hydrogen-bond acceptors (Lipinski definition) is 5. The van der Waals surface area contributed by atoms with Gasteiger partial charge in [-0.05, 0) is 60.7 Å². The van der Waals surface area contributed by atoms with Crippen molar-refractivity contribution in [3.8, 4) is 5.75 Å². The van der Waals surface area contributed by atoms with Crippen LogP contribution in [0.15, 0.2) is 63.9 Å². The van der Waals surface area contributed by atoms with Gasteiger partial charge in [0.15, 0.2) is 0 Å². The van der Waals surface area contributed by atoms with Crippen molar-refractivity contribution in [1.82, 2.24) is 0 Å². The molecule has 0 amide bonds. The zero-order valence-corrected chi connectivity index (χ0v) is 15.1. The third-order valence-corrected chi connectivity index (χ3v) is 3.35. The number of hydrazone groups is 1. The number of ether oxygens (including phenoxy) is 1. The minimum Gasteiger partial charge on any atom is -0.497 e. The molecule has 0 aromatic heterocycles. The Kier molecular flexibility index (Phi) is 6.41. The molecule has 0 fully saturated rings. The third kappa shape index (κ3) is 5.54. The zero-order valence-electron chi connectivity index (χ0n) is 14.3. The van der Waals surface area contributed by atoms with Crippen molar-refractivity contribution in [2.24, 2.45) is 21.1 Å². The first kappa shape index (κ1) is 18.3. The first-order chi connectivity index (χ1) is 12.0. The Balaban J connectivity index is 2.26. The Morgan fingerprint density at radius 1 is 1.04 bits per heavy atom. The topological polar surface area (TPSA) is 87.6 Å². The van der Waals surface area contributed by atoms with Gasteiger partial charge in [-0.3, -0.25) is 5.43 Å². The summed E-state index contributed by atoms with van der Waals surface area (Å²) in [4.78, 5) is 2.01. The van der Waals surface area contributed by atoms with Crippen LogP contribution in [-0.4, -0.2) is 32.2 Å². The SMILES string of the molecule is COc1ccc(N/N=C(\N=NC(N)=S)c2ccc(N(C)C)cc2)cc1. The molecular formula is C17H20N6OS. The lowest BCUT2D eigenvalue weighted by Crippen LogP contribution is -2.09. The molecule has 25 heavy (non-hydrogen) atoms. The van der Waals surface area contributed by atoms with Gasteiger partial charge in [-0.2, -0.15) is 5.10 Å². The Hall–Kier alpha value is -3.00. The first-order valence-corrected chi connectivity index (χ1v) is 7.87. The summed E-state index contributed by atoms with van der Waals surface area (Å²) >= 11 is 4.75. The molecule has 7 nitrogen and oxygen atoms in total. The standard InChI is InChI=1S/C17H20N6OS/c1-23(2)14-8-4-12(5-9-14)16(21-22-17(18)25)20-19-13-6-10-15(24-3)11-7-13/h4-11,19H,1-3H3,(H2,18,25)/b20-16-,22-21?. The fourth-order valence-corrected chi connectivity index (χ4v) is 1.97. The van der Waals surface area contributed by atoms with E-state index in [9.17, 15) is 0 Å². The highest BCUT2D eigenvalue weighted by Gasteiger charge is 2.05. The van der Waals surface area contributed by atoms with E-state index >= 15 is 0 Å². The summed E-state index contributed by atoms with van der Waals surface area (Å²) in [6, 6.07) is 15.1. The number of nitrogens with two attached hydrogens (primary N) is 1. The molecule has 0 heterocycles. The van der Waals surface area contributed by atoms with Gasteiger partial charge >= 0.3 is 0 Å². The maximum atomic E-state index is 5.40. The number of benzene rings is 2. The van der Waals surface area contributed by atoms with Crippen LogP contribution in [0.2, 0.25) is 0 Å². The first-order valence-electron chi connectivity index (χ1n) is 7.46. The Morgan fingerprint density at radius 3 is 2.20 bits per heavy atom. The van der Waals surface area contributed by atoms with Gasteiger partial charge in [0.25, 0.3) is 0 Å². The van der Waals surface area contributed by atoms with Crippen LogP contribution in [-0.2, 0) is 0 Å². The summed E-state index contributed by atoms with van der Waals surface area (Å²) in [7, 11) is 5.57. The molecule has 0 atom stereocenters. The highest BCUT2D eigenvalue weighted by molar-refractivity contribution is 7.80. The molecule has 0 bridgehead atoms. The molecule has 0 saturated carbocycles. The lowest BCUT2D eigenvalue weighted by Gasteiger charge is -2.12. The molecule has 2 rings (SSSR count). The van der Waals surface area contributed by atoms with Crippen molar-refractivity contribution in [3.63, 3.8) is 0 Å². The van der Waals surface area contributed by atoms with Gasteiger partial charge in [-0.1, -0.05) is 0 Å². The molecule has 0 unspecified atom stereocenters. The number of azo groups is 1. The van der Waals surface area contributed by atoms with Crippen LogP contribution in [0, 0.1) is 0 Å². The number of anilines is 2. The average Bonchev–Trinajstić information content (AvgIpc) is 2.62. The van der Waals surface area contributed by atoms with Crippen molar-refractivity contribution >= 4 is 34.5 Å². The summed E-state index contributed by atoms with van der Waals surface area (Å²) < 4.78 is 5.13. The van der Waals surface area contributed by atoms with Crippen LogP contribution in [0.25, 0.3) is 0 Å². The monoisotopic (exact) mass is 356 g/mol. The van der Waals surface area contributed by atoms with Crippen molar-refractivity contribution in [2.75, 3.05) is 31.5 Å². The lowest BCUT2D eigenvalue weighted by atomic mass is 10.2. The van der Waals surface area contributed by atoms with Crippen LogP contribution < -0.4 is 20.8 Å². The third-order valence-electron chi connectivity index (χ3n) is 3.27. The fraction of sp³-hybridized carbons (Fsp3) is 0.176. The highest BCUT2D eigenvalue weighted by Crippen LogP contribution is 2.16. The molecule has 0 aliphatic rings. The van der Waals surface area contributed by atoms with Crippen LogP contribution in [0.3, 0.4) is 0 Å². The van der Waals surface area contributed by atoms with Gasteiger partial charge < -0.3 is 15.4 Å². The van der Waals surface area contributed by atoms with E-state index in [1.54, 1.807) is 7.11 Å². The van der Waals surface area contributed by atoms with Crippen molar-refractivity contribution in [2.45, 2.75) is 0 Å². The maximum absolute atomic E-state index is 5.40. The second kappa shape index (κ2) is 8.74. The van der Waals surface area contributed by atoms with Crippen molar-refractivity contribution < 1.29 is 4.74 Å². The molecule has 3 N–H and O–H groups in total. The normalized spacial score (nSPS) is 11.4. The number of hydrogen-bond donors (Lipinski definition) is 2. The highest BCUT2D eigenvalue weighted by atomic mass is 32.1. The van der Waals surface area contributed by atoms with E-state index in [2.05, 4.69) is 20.8 Å². The van der Waals surface area contributed by atoms with E-state index < -0.39 is 0 Å². The minimum absolute atomic E-state index is 0.0536. The van der Waals surface area contributed by atoms with Crippen molar-refractivity contribution in [3.05, 3.63) is 54.1 Å². The molecule has 2 aromatic carbocycles. The smallest absolute Gasteiger partial charge is 0.211 e. The Morgan fingerprint density at radius 2 is 1.68 bits per heavy atom. The average molecular weight is 356 g/mol. The molecule has 0 spiro atoms. The summed E-state index contributed by atoms with van der Waals surface area (Å²) in [5.74, 6) is 1.14. The van der Waals surface area contributed by atoms with E-state index in [4.69, 9.17) is 22.7 Å². The summed E-state index contributed by atoms with van der Waals surface area (Å²) in [6.45, 7) is 0. The van der Waals surface area contributed by atoms with E-state index in [1.807, 2.05) is 67.5 Å². The van der Waals surface area contributed by atoms with E-state index in [-0.39, 0.29) is 5.11 Å². The molecule has 0 saturated heterocycles. The van der Waals surface area contributed by atoms with Gasteiger partial charge in [0.05, 0.1) is 12.8 Å².